The molecule has 1 aromatic heterocycles. The van der Waals surface area contributed by atoms with Gasteiger partial charge in [0.05, 0.1) is 6.04 Å². The second kappa shape index (κ2) is 6.29. The zero-order valence-electron chi connectivity index (χ0n) is 11.4. The Balaban J connectivity index is 1.91. The Kier molecular flexibility index (Phi) is 4.72. The molecule has 0 aromatic carbocycles. The maximum absolute atomic E-state index is 6.23. The standard InChI is InChI=1S/C13H24N4O/c1-17(2)9-8-11-15-13(18-16-11)12(14)10-6-4-3-5-7-10/h10,12H,3-9,14H2,1-2H3. The number of hydrogen-bond acceptors (Lipinski definition) is 5. The highest BCUT2D eigenvalue weighted by atomic mass is 16.5. The summed E-state index contributed by atoms with van der Waals surface area (Å²) in [6.45, 7) is 0.928. The van der Waals surface area contributed by atoms with Gasteiger partial charge in [0.15, 0.2) is 5.82 Å². The molecular formula is C13H24N4O. The molecule has 5 heteroatoms. The van der Waals surface area contributed by atoms with Crippen LogP contribution >= 0.6 is 0 Å². The van der Waals surface area contributed by atoms with E-state index in [2.05, 4.69) is 15.0 Å². The molecule has 1 fully saturated rings. The van der Waals surface area contributed by atoms with E-state index in [-0.39, 0.29) is 6.04 Å². The highest BCUT2D eigenvalue weighted by Crippen LogP contribution is 2.32. The van der Waals surface area contributed by atoms with E-state index in [1.54, 1.807) is 0 Å². The summed E-state index contributed by atoms with van der Waals surface area (Å²) < 4.78 is 5.31. The first-order chi connectivity index (χ1) is 8.66. The van der Waals surface area contributed by atoms with E-state index in [4.69, 9.17) is 10.3 Å². The van der Waals surface area contributed by atoms with Crippen LogP contribution in [0.5, 0.6) is 0 Å². The lowest BCUT2D eigenvalue weighted by Crippen LogP contribution is -2.24. The molecule has 1 aliphatic carbocycles. The summed E-state index contributed by atoms with van der Waals surface area (Å²) in [5.41, 5.74) is 6.23. The van der Waals surface area contributed by atoms with Crippen molar-refractivity contribution in [2.45, 2.75) is 44.6 Å². The van der Waals surface area contributed by atoms with Gasteiger partial charge in [-0.05, 0) is 32.9 Å². The van der Waals surface area contributed by atoms with Crippen LogP contribution in [0, 0.1) is 5.92 Å². The Labute approximate surface area is 109 Å². The largest absolute Gasteiger partial charge is 0.338 e. The van der Waals surface area contributed by atoms with Gasteiger partial charge < -0.3 is 15.2 Å². The summed E-state index contributed by atoms with van der Waals surface area (Å²) >= 11 is 0. The third-order valence-corrected chi connectivity index (χ3v) is 3.71. The highest BCUT2D eigenvalue weighted by Gasteiger charge is 2.26. The van der Waals surface area contributed by atoms with Crippen molar-refractivity contribution < 1.29 is 4.52 Å². The van der Waals surface area contributed by atoms with Crippen molar-refractivity contribution in [3.8, 4) is 0 Å². The van der Waals surface area contributed by atoms with E-state index in [1.165, 1.54) is 32.1 Å². The van der Waals surface area contributed by atoms with Crippen LogP contribution in [0.25, 0.3) is 0 Å². The van der Waals surface area contributed by atoms with E-state index in [0.29, 0.717) is 11.8 Å². The Bertz CT molecular complexity index is 358. The first kappa shape index (κ1) is 13.5. The monoisotopic (exact) mass is 252 g/mol. The fourth-order valence-corrected chi connectivity index (χ4v) is 2.52. The summed E-state index contributed by atoms with van der Waals surface area (Å²) in [4.78, 5) is 6.54. The number of likely N-dealkylation sites (N-methyl/N-ethyl adjacent to an activating group) is 1. The molecule has 1 aromatic rings. The fraction of sp³-hybridized carbons (Fsp3) is 0.846. The van der Waals surface area contributed by atoms with E-state index in [9.17, 15) is 0 Å². The van der Waals surface area contributed by atoms with Crippen molar-refractivity contribution >= 4 is 0 Å². The van der Waals surface area contributed by atoms with Crippen molar-refractivity contribution in [1.82, 2.24) is 15.0 Å². The highest BCUT2D eigenvalue weighted by molar-refractivity contribution is 4.95. The summed E-state index contributed by atoms with van der Waals surface area (Å²) in [7, 11) is 4.07. The molecule has 0 radical (unpaired) electrons. The zero-order chi connectivity index (χ0) is 13.0. The predicted molar refractivity (Wildman–Crippen MR) is 70.1 cm³/mol. The van der Waals surface area contributed by atoms with Crippen molar-refractivity contribution in [2.75, 3.05) is 20.6 Å². The quantitative estimate of drug-likeness (QED) is 0.864. The molecule has 0 aliphatic heterocycles. The molecule has 0 spiro atoms. The molecule has 102 valence electrons. The maximum Gasteiger partial charge on any atom is 0.243 e. The van der Waals surface area contributed by atoms with Gasteiger partial charge in [-0.15, -0.1) is 0 Å². The van der Waals surface area contributed by atoms with Gasteiger partial charge in [0.25, 0.3) is 0 Å². The average Bonchev–Trinajstić information content (AvgIpc) is 2.85. The summed E-state index contributed by atoms with van der Waals surface area (Å²) in [5, 5.41) is 4.01. The molecule has 0 bridgehead atoms. The van der Waals surface area contributed by atoms with Crippen molar-refractivity contribution in [1.29, 1.82) is 0 Å². The predicted octanol–water partition coefficient (Wildman–Crippen LogP) is 1.75. The molecule has 0 amide bonds. The lowest BCUT2D eigenvalue weighted by molar-refractivity contribution is 0.255. The van der Waals surface area contributed by atoms with Gasteiger partial charge >= 0.3 is 0 Å². The normalized spacial score (nSPS) is 19.3. The number of nitrogens with two attached hydrogens (primary N) is 1. The van der Waals surface area contributed by atoms with Crippen LogP contribution in [0.3, 0.4) is 0 Å². The zero-order valence-corrected chi connectivity index (χ0v) is 11.4. The smallest absolute Gasteiger partial charge is 0.243 e. The summed E-state index contributed by atoms with van der Waals surface area (Å²) in [6.07, 6.45) is 7.09. The molecular weight excluding hydrogens is 228 g/mol. The molecule has 1 saturated carbocycles. The first-order valence-corrected chi connectivity index (χ1v) is 6.89. The molecule has 5 nitrogen and oxygen atoms in total. The first-order valence-electron chi connectivity index (χ1n) is 6.89. The van der Waals surface area contributed by atoms with Crippen molar-refractivity contribution in [3.05, 3.63) is 11.7 Å². The van der Waals surface area contributed by atoms with Gasteiger partial charge in [0.2, 0.25) is 5.89 Å². The van der Waals surface area contributed by atoms with Crippen LogP contribution < -0.4 is 5.73 Å². The number of nitrogens with zero attached hydrogens (tertiary/aromatic N) is 3. The van der Waals surface area contributed by atoms with Crippen LogP contribution in [0.15, 0.2) is 4.52 Å². The average molecular weight is 252 g/mol. The van der Waals surface area contributed by atoms with Crippen LogP contribution in [0.1, 0.15) is 49.9 Å². The SMILES string of the molecule is CN(C)CCc1noc(C(N)C2CCCCC2)n1. The summed E-state index contributed by atoms with van der Waals surface area (Å²) in [5.74, 6) is 1.90. The van der Waals surface area contributed by atoms with Gasteiger partial charge in [-0.2, -0.15) is 4.98 Å². The molecule has 1 aliphatic rings. The molecule has 0 saturated heterocycles. The topological polar surface area (TPSA) is 68.2 Å². The second-order valence-electron chi connectivity index (χ2n) is 5.53. The Morgan fingerprint density at radius 3 is 2.72 bits per heavy atom. The molecule has 1 atom stereocenters. The minimum absolute atomic E-state index is 0.0779. The minimum atomic E-state index is -0.0779. The van der Waals surface area contributed by atoms with Crippen LogP contribution in [0.4, 0.5) is 0 Å². The maximum atomic E-state index is 6.23. The van der Waals surface area contributed by atoms with E-state index in [1.807, 2.05) is 14.1 Å². The Morgan fingerprint density at radius 1 is 1.33 bits per heavy atom. The number of rotatable bonds is 5. The number of hydrogen-bond donors (Lipinski definition) is 1. The lowest BCUT2D eigenvalue weighted by Gasteiger charge is -2.24. The van der Waals surface area contributed by atoms with E-state index in [0.717, 1.165) is 18.8 Å². The van der Waals surface area contributed by atoms with Gasteiger partial charge in [-0.1, -0.05) is 24.4 Å². The molecule has 18 heavy (non-hydrogen) atoms. The van der Waals surface area contributed by atoms with Crippen LogP contribution in [-0.2, 0) is 6.42 Å². The molecule has 1 unspecified atom stereocenters. The molecule has 2 N–H and O–H groups in total. The Hall–Kier alpha value is -0.940. The van der Waals surface area contributed by atoms with Gasteiger partial charge in [0, 0.05) is 13.0 Å². The van der Waals surface area contributed by atoms with Crippen molar-refractivity contribution in [3.63, 3.8) is 0 Å². The van der Waals surface area contributed by atoms with Crippen LogP contribution in [0.2, 0.25) is 0 Å². The second-order valence-corrected chi connectivity index (χ2v) is 5.53. The fourth-order valence-electron chi connectivity index (χ4n) is 2.52. The minimum Gasteiger partial charge on any atom is -0.338 e. The number of aromatic nitrogens is 2. The third kappa shape index (κ3) is 3.53. The Morgan fingerprint density at radius 2 is 2.06 bits per heavy atom. The van der Waals surface area contributed by atoms with E-state index >= 15 is 0 Å². The van der Waals surface area contributed by atoms with E-state index < -0.39 is 0 Å². The lowest BCUT2D eigenvalue weighted by atomic mass is 9.84. The van der Waals surface area contributed by atoms with Gasteiger partial charge in [-0.3, -0.25) is 0 Å². The summed E-state index contributed by atoms with van der Waals surface area (Å²) in [6, 6.07) is -0.0779. The third-order valence-electron chi connectivity index (χ3n) is 3.71. The van der Waals surface area contributed by atoms with Crippen LogP contribution in [-0.4, -0.2) is 35.7 Å². The van der Waals surface area contributed by atoms with Gasteiger partial charge in [-0.25, -0.2) is 0 Å². The van der Waals surface area contributed by atoms with Crippen molar-refractivity contribution in [2.24, 2.45) is 11.7 Å². The van der Waals surface area contributed by atoms with Gasteiger partial charge in [0.1, 0.15) is 0 Å². The molecule has 1 heterocycles. The molecule has 2 rings (SSSR count).